The summed E-state index contributed by atoms with van der Waals surface area (Å²) in [6.07, 6.45) is -0.257. The lowest BCUT2D eigenvalue weighted by Crippen LogP contribution is -2.54. The van der Waals surface area contributed by atoms with Crippen LogP contribution in [0.3, 0.4) is 0 Å². The van der Waals surface area contributed by atoms with E-state index in [1.807, 2.05) is 36.4 Å². The van der Waals surface area contributed by atoms with Crippen LogP contribution >= 0.6 is 0 Å². The number of benzene rings is 2. The van der Waals surface area contributed by atoms with Gasteiger partial charge in [0.2, 0.25) is 5.91 Å². The topological polar surface area (TPSA) is 87.1 Å². The van der Waals surface area contributed by atoms with Gasteiger partial charge in [-0.15, -0.1) is 0 Å². The molecule has 4 rings (SSSR count). The van der Waals surface area contributed by atoms with Gasteiger partial charge in [-0.2, -0.15) is 0 Å². The van der Waals surface area contributed by atoms with Crippen LogP contribution in [0.1, 0.15) is 29.9 Å². The number of aliphatic carboxylic acids is 1. The average molecular weight is 408 g/mol. The Hall–Kier alpha value is -3.35. The van der Waals surface area contributed by atoms with E-state index in [9.17, 15) is 19.5 Å². The quantitative estimate of drug-likeness (QED) is 0.794. The van der Waals surface area contributed by atoms with Crippen LogP contribution in [0, 0.1) is 0 Å². The summed E-state index contributed by atoms with van der Waals surface area (Å²) < 4.78 is 5.57. The zero-order valence-electron chi connectivity index (χ0n) is 16.8. The van der Waals surface area contributed by atoms with Gasteiger partial charge in [0.05, 0.1) is 6.42 Å². The molecule has 1 heterocycles. The van der Waals surface area contributed by atoms with Gasteiger partial charge in [-0.25, -0.2) is 4.79 Å². The minimum atomic E-state index is -1.13. The third kappa shape index (κ3) is 3.63. The Morgan fingerprint density at radius 3 is 2.13 bits per heavy atom. The van der Waals surface area contributed by atoms with Crippen LogP contribution in [-0.2, 0) is 14.3 Å². The summed E-state index contributed by atoms with van der Waals surface area (Å²) in [4.78, 5) is 39.3. The zero-order valence-corrected chi connectivity index (χ0v) is 16.8. The van der Waals surface area contributed by atoms with E-state index in [-0.39, 0.29) is 18.4 Å². The largest absolute Gasteiger partial charge is 0.481 e. The Kier molecular flexibility index (Phi) is 5.44. The Labute approximate surface area is 174 Å². The third-order valence-electron chi connectivity index (χ3n) is 5.91. The molecule has 0 bridgehead atoms. The summed E-state index contributed by atoms with van der Waals surface area (Å²) in [5.41, 5.74) is 4.43. The van der Waals surface area contributed by atoms with Crippen molar-refractivity contribution < 1.29 is 24.2 Å². The lowest BCUT2D eigenvalue weighted by atomic mass is 9.98. The predicted octanol–water partition coefficient (Wildman–Crippen LogP) is 2.94. The van der Waals surface area contributed by atoms with Gasteiger partial charge < -0.3 is 14.7 Å². The van der Waals surface area contributed by atoms with Crippen molar-refractivity contribution in [1.29, 1.82) is 0 Å². The lowest BCUT2D eigenvalue weighted by Gasteiger charge is -2.36. The maximum atomic E-state index is 12.7. The molecule has 0 saturated carbocycles. The molecule has 0 radical (unpaired) electrons. The van der Waals surface area contributed by atoms with E-state index in [0.29, 0.717) is 13.1 Å². The summed E-state index contributed by atoms with van der Waals surface area (Å²) in [7, 11) is 1.42. The number of ether oxygens (including phenoxy) is 1. The number of carbonyl (C=O) groups is 3. The van der Waals surface area contributed by atoms with Crippen molar-refractivity contribution in [3.05, 3.63) is 59.7 Å². The van der Waals surface area contributed by atoms with Crippen LogP contribution in [-0.4, -0.2) is 65.7 Å². The molecule has 1 N–H and O–H groups in total. The molecule has 30 heavy (non-hydrogen) atoms. The molecule has 0 unspecified atom stereocenters. The normalized spacial score (nSPS) is 15.6. The van der Waals surface area contributed by atoms with Gasteiger partial charge >= 0.3 is 12.1 Å². The summed E-state index contributed by atoms with van der Waals surface area (Å²) in [5, 5.41) is 9.21. The molecule has 2 aromatic carbocycles. The Balaban J connectivity index is 1.48. The molecule has 2 aliphatic rings. The van der Waals surface area contributed by atoms with E-state index >= 15 is 0 Å². The first-order valence-electron chi connectivity index (χ1n) is 10.1. The fourth-order valence-electron chi connectivity index (χ4n) is 4.13. The van der Waals surface area contributed by atoms with Crippen molar-refractivity contribution >= 4 is 18.0 Å². The molecular formula is C23H24N2O5. The van der Waals surface area contributed by atoms with Gasteiger partial charge in [-0.1, -0.05) is 48.5 Å². The number of amides is 2. The number of carbonyl (C=O) groups excluding carboxylic acids is 2. The number of carboxylic acids is 1. The average Bonchev–Trinajstić information content (AvgIpc) is 3.02. The van der Waals surface area contributed by atoms with Crippen LogP contribution in [0.2, 0.25) is 0 Å². The first-order chi connectivity index (χ1) is 14.5. The van der Waals surface area contributed by atoms with Crippen molar-refractivity contribution in [1.82, 2.24) is 9.80 Å². The van der Waals surface area contributed by atoms with Crippen molar-refractivity contribution in [2.45, 2.75) is 24.8 Å². The van der Waals surface area contributed by atoms with E-state index in [1.165, 1.54) is 7.05 Å². The monoisotopic (exact) mass is 408 g/mol. The number of nitrogens with zero attached hydrogens (tertiary/aromatic N) is 2. The molecule has 0 aromatic heterocycles. The van der Waals surface area contributed by atoms with Gasteiger partial charge in [-0.3, -0.25) is 14.5 Å². The van der Waals surface area contributed by atoms with Crippen LogP contribution in [0.4, 0.5) is 4.79 Å². The number of likely N-dealkylation sites (tertiary alicyclic amines) is 1. The van der Waals surface area contributed by atoms with Crippen LogP contribution in [0.5, 0.6) is 0 Å². The minimum absolute atomic E-state index is 0.0984. The van der Waals surface area contributed by atoms with Crippen LogP contribution in [0.15, 0.2) is 48.5 Å². The van der Waals surface area contributed by atoms with Crippen molar-refractivity contribution in [3.8, 4) is 11.1 Å². The summed E-state index contributed by atoms with van der Waals surface area (Å²) in [6.45, 7) is 1.30. The molecule has 2 amide bonds. The van der Waals surface area contributed by atoms with E-state index in [0.717, 1.165) is 33.6 Å². The smallest absolute Gasteiger partial charge is 0.410 e. The number of hydrogen-bond acceptors (Lipinski definition) is 4. The number of fused-ring (bicyclic) bond motifs is 3. The molecule has 1 atom stereocenters. The molecule has 1 aliphatic heterocycles. The van der Waals surface area contributed by atoms with Crippen LogP contribution in [0.25, 0.3) is 11.1 Å². The zero-order chi connectivity index (χ0) is 21.3. The fraction of sp³-hybridized carbons (Fsp3) is 0.348. The molecular weight excluding hydrogens is 384 g/mol. The van der Waals surface area contributed by atoms with Gasteiger partial charge in [-0.05, 0) is 28.7 Å². The summed E-state index contributed by atoms with van der Waals surface area (Å²) in [6, 6.07) is 15.0. The SMILES string of the molecule is CN(C(=O)OCC1c2ccccc2-c2ccccc21)[C@@H](CC(=O)O)C(=O)N1CCC1. The number of likely N-dealkylation sites (N-methyl/N-ethyl adjacent to an activating group) is 1. The number of rotatable bonds is 6. The van der Waals surface area contributed by atoms with Gasteiger partial charge in [0.1, 0.15) is 12.6 Å². The molecule has 2 aromatic rings. The van der Waals surface area contributed by atoms with E-state index < -0.39 is 24.5 Å². The highest BCUT2D eigenvalue weighted by Gasteiger charge is 2.36. The van der Waals surface area contributed by atoms with Gasteiger partial charge in [0.25, 0.3) is 0 Å². The summed E-state index contributed by atoms with van der Waals surface area (Å²) >= 11 is 0. The standard InChI is InChI=1S/C23H24N2O5/c1-24(20(13-21(26)27)22(28)25-11-6-12-25)23(29)30-14-19-17-9-4-2-7-15(17)16-8-3-5-10-18(16)19/h2-5,7-10,19-20H,6,11-14H2,1H3,(H,26,27)/t20-/m0/s1. The number of carboxylic acid groups (broad SMARTS) is 1. The molecule has 156 valence electrons. The van der Waals surface area contributed by atoms with E-state index in [2.05, 4.69) is 12.1 Å². The number of hydrogen-bond donors (Lipinski definition) is 1. The second-order valence-corrected chi connectivity index (χ2v) is 7.71. The molecule has 1 fully saturated rings. The summed E-state index contributed by atoms with van der Waals surface area (Å²) in [5.74, 6) is -1.58. The second-order valence-electron chi connectivity index (χ2n) is 7.71. The highest BCUT2D eigenvalue weighted by molar-refractivity contribution is 5.89. The highest BCUT2D eigenvalue weighted by Crippen LogP contribution is 2.44. The van der Waals surface area contributed by atoms with Crippen molar-refractivity contribution in [2.75, 3.05) is 26.7 Å². The Bertz CT molecular complexity index is 940. The second kappa shape index (κ2) is 8.18. The first kappa shape index (κ1) is 19.9. The van der Waals surface area contributed by atoms with Crippen molar-refractivity contribution in [2.24, 2.45) is 0 Å². The fourth-order valence-corrected chi connectivity index (χ4v) is 4.13. The van der Waals surface area contributed by atoms with E-state index in [4.69, 9.17) is 4.74 Å². The minimum Gasteiger partial charge on any atom is -0.481 e. The maximum Gasteiger partial charge on any atom is 0.410 e. The molecule has 7 nitrogen and oxygen atoms in total. The van der Waals surface area contributed by atoms with Gasteiger partial charge in [0, 0.05) is 26.1 Å². The predicted molar refractivity (Wildman–Crippen MR) is 110 cm³/mol. The molecule has 1 aliphatic carbocycles. The molecule has 0 spiro atoms. The van der Waals surface area contributed by atoms with Gasteiger partial charge in [0.15, 0.2) is 0 Å². The highest BCUT2D eigenvalue weighted by atomic mass is 16.6. The maximum absolute atomic E-state index is 12.7. The molecule has 7 heteroatoms. The van der Waals surface area contributed by atoms with Crippen LogP contribution < -0.4 is 0 Å². The molecule has 1 saturated heterocycles. The lowest BCUT2D eigenvalue weighted by molar-refractivity contribution is -0.146. The first-order valence-corrected chi connectivity index (χ1v) is 10.1. The van der Waals surface area contributed by atoms with Crippen molar-refractivity contribution in [3.63, 3.8) is 0 Å². The van der Waals surface area contributed by atoms with E-state index in [1.54, 1.807) is 4.90 Å². The third-order valence-corrected chi connectivity index (χ3v) is 5.91. The Morgan fingerprint density at radius 2 is 1.63 bits per heavy atom. The Morgan fingerprint density at radius 1 is 1.07 bits per heavy atom.